The number of unbranched alkanes of at least 4 members (excludes halogenated alkanes) is 3. The Labute approximate surface area is 316 Å². The minimum Gasteiger partial charge on any atom is -0.390 e. The van der Waals surface area contributed by atoms with Gasteiger partial charge in [0.2, 0.25) is 17.7 Å². The lowest BCUT2D eigenvalue weighted by Crippen LogP contribution is -2.43. The summed E-state index contributed by atoms with van der Waals surface area (Å²) in [5, 5.41) is 19.8. The van der Waals surface area contributed by atoms with Crippen LogP contribution in [0.4, 0.5) is 0 Å². The molecule has 3 aromatic carbocycles. The lowest BCUT2D eigenvalue weighted by molar-refractivity contribution is -0.133. The van der Waals surface area contributed by atoms with E-state index in [1.807, 2.05) is 36.4 Å². The highest BCUT2D eigenvalue weighted by molar-refractivity contribution is 5.99. The van der Waals surface area contributed by atoms with E-state index in [0.29, 0.717) is 17.7 Å². The largest absolute Gasteiger partial charge is 0.390 e. The number of likely N-dealkylation sites (tertiary alicyclic amines) is 2. The van der Waals surface area contributed by atoms with Gasteiger partial charge in [0.1, 0.15) is 0 Å². The summed E-state index contributed by atoms with van der Waals surface area (Å²) in [7, 11) is 0. The van der Waals surface area contributed by atoms with Crippen molar-refractivity contribution >= 4 is 29.5 Å². The minimum atomic E-state index is -0.954. The molecule has 4 fully saturated rings. The number of nitrogens with zero attached hydrogens (tertiary/aromatic N) is 2. The first-order valence-corrected chi connectivity index (χ1v) is 19.6. The van der Waals surface area contributed by atoms with Crippen LogP contribution in [0.1, 0.15) is 89.1 Å². The Kier molecular flexibility index (Phi) is 11.4. The van der Waals surface area contributed by atoms with E-state index in [9.17, 15) is 29.1 Å². The maximum Gasteiger partial charge on any atom is 0.253 e. The Balaban J connectivity index is 0.977. The summed E-state index contributed by atoms with van der Waals surface area (Å²) in [4.78, 5) is 70.6. The average molecular weight is 734 g/mol. The molecule has 0 aromatic heterocycles. The summed E-state index contributed by atoms with van der Waals surface area (Å²) in [6.07, 6.45) is 4.82. The topological polar surface area (TPSA) is 148 Å². The fourth-order valence-corrected chi connectivity index (χ4v) is 8.15. The third kappa shape index (κ3) is 8.51. The highest BCUT2D eigenvalue weighted by Crippen LogP contribution is 2.42. The molecule has 0 bridgehead atoms. The molecule has 0 radical (unpaired) electrons. The van der Waals surface area contributed by atoms with Crippen molar-refractivity contribution in [3.63, 3.8) is 0 Å². The second-order valence-electron chi connectivity index (χ2n) is 15.5. The Morgan fingerprint density at radius 3 is 1.54 bits per heavy atom. The first-order valence-electron chi connectivity index (χ1n) is 19.6. The molecular weight excluding hydrogens is 683 g/mol. The SMILES string of the molecule is CCCCCCNC(=O)[C@H]1CN(C(=O)c2ccc(C(=O)N3C[C@@H](C(=O)N[C@H]4C[C@@H]4c4ccccc4)[C@H](C(=O)N[C@H]4C[C@@H]4c4ccccc4)C3)cc2)C[C@H]1O. The molecular formula is C43H51N5O6. The molecule has 284 valence electrons. The van der Waals surface area contributed by atoms with Gasteiger partial charge < -0.3 is 30.9 Å². The fraction of sp³-hybridized carbons (Fsp3) is 0.465. The molecule has 2 aliphatic carbocycles. The summed E-state index contributed by atoms with van der Waals surface area (Å²) in [6.45, 7) is 3.04. The molecule has 4 N–H and O–H groups in total. The van der Waals surface area contributed by atoms with Crippen LogP contribution in [0.25, 0.3) is 0 Å². The number of aliphatic hydroxyl groups excluding tert-OH is 1. The average Bonchev–Trinajstić information content (AvgIpc) is 4.05. The number of hydrogen-bond acceptors (Lipinski definition) is 6. The van der Waals surface area contributed by atoms with Gasteiger partial charge in [-0.1, -0.05) is 86.8 Å². The zero-order valence-electron chi connectivity index (χ0n) is 30.9. The van der Waals surface area contributed by atoms with Gasteiger partial charge in [-0.05, 0) is 54.7 Å². The van der Waals surface area contributed by atoms with Crippen LogP contribution in [0.2, 0.25) is 0 Å². The quantitative estimate of drug-likeness (QED) is 0.185. The van der Waals surface area contributed by atoms with Gasteiger partial charge >= 0.3 is 0 Å². The summed E-state index contributed by atoms with van der Waals surface area (Å²) in [6, 6.07) is 26.4. The van der Waals surface area contributed by atoms with Crippen molar-refractivity contribution in [2.45, 2.75) is 75.5 Å². The van der Waals surface area contributed by atoms with E-state index in [2.05, 4.69) is 47.1 Å². The van der Waals surface area contributed by atoms with Crippen LogP contribution >= 0.6 is 0 Å². The van der Waals surface area contributed by atoms with Gasteiger partial charge in [-0.2, -0.15) is 0 Å². The van der Waals surface area contributed by atoms with Crippen LogP contribution in [0.3, 0.4) is 0 Å². The van der Waals surface area contributed by atoms with Crippen LogP contribution < -0.4 is 16.0 Å². The third-order valence-corrected chi connectivity index (χ3v) is 11.6. The van der Waals surface area contributed by atoms with Crippen molar-refractivity contribution in [2.24, 2.45) is 17.8 Å². The van der Waals surface area contributed by atoms with E-state index in [4.69, 9.17) is 0 Å². The van der Waals surface area contributed by atoms with Gasteiger partial charge in [-0.3, -0.25) is 24.0 Å². The van der Waals surface area contributed by atoms with Crippen LogP contribution in [0.15, 0.2) is 84.9 Å². The number of benzene rings is 3. The number of amides is 5. The van der Waals surface area contributed by atoms with Gasteiger partial charge in [0.25, 0.3) is 11.8 Å². The lowest BCUT2D eigenvalue weighted by Gasteiger charge is -2.18. The van der Waals surface area contributed by atoms with E-state index < -0.39 is 23.9 Å². The molecule has 2 saturated heterocycles. The van der Waals surface area contributed by atoms with Crippen molar-refractivity contribution < 1.29 is 29.1 Å². The van der Waals surface area contributed by atoms with Crippen molar-refractivity contribution in [3.8, 4) is 0 Å². The van der Waals surface area contributed by atoms with Gasteiger partial charge in [-0.15, -0.1) is 0 Å². The zero-order valence-corrected chi connectivity index (χ0v) is 30.9. The smallest absolute Gasteiger partial charge is 0.253 e. The second-order valence-corrected chi connectivity index (χ2v) is 15.5. The van der Waals surface area contributed by atoms with E-state index in [1.165, 1.54) is 16.0 Å². The molecule has 7 rings (SSSR count). The maximum atomic E-state index is 13.9. The number of nitrogens with one attached hydrogen (secondary N) is 3. The number of β-amino-alcohol motifs (C(OH)–C–C–N with tert-alkyl or cyclic N) is 1. The molecule has 11 heteroatoms. The molecule has 0 spiro atoms. The number of aliphatic hydroxyl groups is 1. The highest BCUT2D eigenvalue weighted by Gasteiger charge is 2.49. The molecule has 11 nitrogen and oxygen atoms in total. The number of carbonyl (C=O) groups excluding carboxylic acids is 5. The van der Waals surface area contributed by atoms with Crippen molar-refractivity contribution in [1.29, 1.82) is 0 Å². The van der Waals surface area contributed by atoms with E-state index in [0.717, 1.165) is 38.5 Å². The lowest BCUT2D eigenvalue weighted by atomic mass is 9.94. The Morgan fingerprint density at radius 2 is 1.06 bits per heavy atom. The van der Waals surface area contributed by atoms with Gasteiger partial charge in [0.05, 0.1) is 23.9 Å². The third-order valence-electron chi connectivity index (χ3n) is 11.6. The Hall–Kier alpha value is -5.03. The van der Waals surface area contributed by atoms with Crippen LogP contribution in [-0.2, 0) is 14.4 Å². The standard InChI is InChI=1S/C43H51N5O6/c1-2-3-4-11-20-44-39(50)35-25-48(26-38(35)49)43(54)30-18-16-29(17-19-30)42(53)47-23-33(40(51)45-36-21-31(36)27-12-7-5-8-13-27)34(24-47)41(52)46-37-22-32(37)28-14-9-6-10-15-28/h5-10,12-19,31-38,49H,2-4,11,20-26H2,1H3,(H,44,50)(H,45,51)(H,46,52)/t31-,32-,33-,34-,35+,36+,37+,38-/m1/s1. The predicted molar refractivity (Wildman–Crippen MR) is 203 cm³/mol. The zero-order chi connectivity index (χ0) is 37.8. The van der Waals surface area contributed by atoms with E-state index in [1.54, 1.807) is 29.2 Å². The minimum absolute atomic E-state index is 0.0127. The van der Waals surface area contributed by atoms with Gasteiger partial charge in [-0.25, -0.2) is 0 Å². The number of rotatable bonds is 14. The number of carbonyl (C=O) groups is 5. The molecule has 2 saturated carbocycles. The molecule has 8 atom stereocenters. The van der Waals surface area contributed by atoms with Crippen LogP contribution in [0, 0.1) is 17.8 Å². The van der Waals surface area contributed by atoms with Crippen LogP contribution in [0.5, 0.6) is 0 Å². The predicted octanol–water partition coefficient (Wildman–Crippen LogP) is 3.85. The first kappa shape index (κ1) is 37.3. The molecule has 2 heterocycles. The normalized spacial score (nSPS) is 26.9. The number of hydrogen-bond donors (Lipinski definition) is 4. The molecule has 2 aliphatic heterocycles. The van der Waals surface area contributed by atoms with Crippen molar-refractivity contribution in [2.75, 3.05) is 32.7 Å². The summed E-state index contributed by atoms with van der Waals surface area (Å²) in [5.74, 6) is -2.99. The van der Waals surface area contributed by atoms with Crippen molar-refractivity contribution in [1.82, 2.24) is 25.8 Å². The van der Waals surface area contributed by atoms with Crippen molar-refractivity contribution in [3.05, 3.63) is 107 Å². The van der Waals surface area contributed by atoms with E-state index in [-0.39, 0.29) is 79.6 Å². The molecule has 3 aromatic rings. The van der Waals surface area contributed by atoms with Gasteiger partial charge in [0, 0.05) is 67.8 Å². The monoisotopic (exact) mass is 733 g/mol. The van der Waals surface area contributed by atoms with Gasteiger partial charge in [0.15, 0.2) is 0 Å². The molecule has 4 aliphatic rings. The molecule has 0 unspecified atom stereocenters. The summed E-state index contributed by atoms with van der Waals surface area (Å²) >= 11 is 0. The Morgan fingerprint density at radius 1 is 0.593 bits per heavy atom. The van der Waals surface area contributed by atoms with E-state index >= 15 is 0 Å². The fourth-order valence-electron chi connectivity index (χ4n) is 8.15. The molecule has 54 heavy (non-hydrogen) atoms. The highest BCUT2D eigenvalue weighted by atomic mass is 16.3. The molecule has 5 amide bonds. The summed E-state index contributed by atoms with van der Waals surface area (Å²) < 4.78 is 0. The van der Waals surface area contributed by atoms with Crippen LogP contribution in [-0.4, -0.2) is 95.4 Å². The summed E-state index contributed by atoms with van der Waals surface area (Å²) in [5.41, 5.74) is 3.01. The Bertz CT molecular complexity index is 1750. The first-order chi connectivity index (χ1) is 26.2. The second kappa shape index (κ2) is 16.5. The maximum absolute atomic E-state index is 13.9.